The highest BCUT2D eigenvalue weighted by Gasteiger charge is 2.19. The van der Waals surface area contributed by atoms with Crippen molar-refractivity contribution in [2.75, 3.05) is 19.8 Å². The first-order valence-electron chi connectivity index (χ1n) is 7.40. The van der Waals surface area contributed by atoms with Crippen molar-refractivity contribution in [3.8, 4) is 5.75 Å². The highest BCUT2D eigenvalue weighted by Crippen LogP contribution is 2.25. The van der Waals surface area contributed by atoms with Crippen molar-refractivity contribution in [2.24, 2.45) is 5.92 Å². The van der Waals surface area contributed by atoms with Crippen LogP contribution in [0.4, 0.5) is 0 Å². The van der Waals surface area contributed by atoms with Crippen molar-refractivity contribution < 1.29 is 14.3 Å². The predicted octanol–water partition coefficient (Wildman–Crippen LogP) is 2.05. The van der Waals surface area contributed by atoms with Gasteiger partial charge in [-0.1, -0.05) is 12.1 Å². The fourth-order valence-corrected chi connectivity index (χ4v) is 2.80. The van der Waals surface area contributed by atoms with E-state index < -0.39 is 0 Å². The number of carbonyl (C=O) groups is 1. The van der Waals surface area contributed by atoms with Crippen molar-refractivity contribution in [1.29, 1.82) is 0 Å². The fourth-order valence-electron chi connectivity index (χ4n) is 2.80. The van der Waals surface area contributed by atoms with Crippen molar-refractivity contribution >= 4 is 5.91 Å². The Morgan fingerprint density at radius 3 is 3.15 bits per heavy atom. The van der Waals surface area contributed by atoms with Gasteiger partial charge in [0.2, 0.25) is 5.91 Å². The molecule has 108 valence electrons. The molecule has 0 radical (unpaired) electrons. The van der Waals surface area contributed by atoms with Crippen LogP contribution in [0.5, 0.6) is 5.75 Å². The molecule has 1 amide bonds. The Hall–Kier alpha value is -1.55. The number of carbonyl (C=O) groups excluding carboxylic acids is 1. The molecule has 2 heterocycles. The first-order chi connectivity index (χ1) is 9.81. The van der Waals surface area contributed by atoms with E-state index >= 15 is 0 Å². The number of ether oxygens (including phenoxy) is 2. The van der Waals surface area contributed by atoms with E-state index in [-0.39, 0.29) is 5.91 Å². The van der Waals surface area contributed by atoms with Gasteiger partial charge in [0.1, 0.15) is 5.75 Å². The minimum absolute atomic E-state index is 0.120. The molecular formula is C16H21NO3. The Balaban J connectivity index is 1.51. The van der Waals surface area contributed by atoms with E-state index in [1.54, 1.807) is 0 Å². The molecule has 0 aromatic heterocycles. The Morgan fingerprint density at radius 2 is 2.30 bits per heavy atom. The lowest BCUT2D eigenvalue weighted by Crippen LogP contribution is -2.25. The van der Waals surface area contributed by atoms with Crippen molar-refractivity contribution in [1.82, 2.24) is 5.32 Å². The summed E-state index contributed by atoms with van der Waals surface area (Å²) in [5.74, 6) is 1.51. The van der Waals surface area contributed by atoms with Crippen LogP contribution in [-0.2, 0) is 22.5 Å². The molecule has 20 heavy (non-hydrogen) atoms. The maximum atomic E-state index is 11.9. The summed E-state index contributed by atoms with van der Waals surface area (Å²) in [7, 11) is 0. The summed E-state index contributed by atoms with van der Waals surface area (Å²) in [5.41, 5.74) is 2.40. The topological polar surface area (TPSA) is 47.6 Å². The van der Waals surface area contributed by atoms with Crippen molar-refractivity contribution in [3.63, 3.8) is 0 Å². The monoisotopic (exact) mass is 275 g/mol. The molecule has 0 aliphatic carbocycles. The molecular weight excluding hydrogens is 254 g/mol. The van der Waals surface area contributed by atoms with Crippen LogP contribution in [0.15, 0.2) is 18.2 Å². The first-order valence-corrected chi connectivity index (χ1v) is 7.40. The second-order valence-electron chi connectivity index (χ2n) is 5.60. The normalized spacial score (nSPS) is 21.1. The van der Waals surface area contributed by atoms with Crippen LogP contribution in [0.25, 0.3) is 0 Å². The smallest absolute Gasteiger partial charge is 0.220 e. The lowest BCUT2D eigenvalue weighted by atomic mass is 10.0. The van der Waals surface area contributed by atoms with Crippen LogP contribution in [0.1, 0.15) is 30.4 Å². The third-order valence-corrected chi connectivity index (χ3v) is 3.96. The summed E-state index contributed by atoms with van der Waals surface area (Å²) in [6.07, 6.45) is 3.72. The SMILES string of the molecule is O=C(C[C@H]1CCOC1)NCc1ccc2c(c1)CCCO2. The van der Waals surface area contributed by atoms with Crippen LogP contribution < -0.4 is 10.1 Å². The highest BCUT2D eigenvalue weighted by molar-refractivity contribution is 5.76. The van der Waals surface area contributed by atoms with Gasteiger partial charge in [-0.05, 0) is 42.4 Å². The minimum atomic E-state index is 0.120. The van der Waals surface area contributed by atoms with Gasteiger partial charge in [-0.3, -0.25) is 4.79 Å². The molecule has 4 nitrogen and oxygen atoms in total. The third kappa shape index (κ3) is 3.31. The van der Waals surface area contributed by atoms with Gasteiger partial charge in [0.25, 0.3) is 0 Å². The van der Waals surface area contributed by atoms with Crippen LogP contribution in [-0.4, -0.2) is 25.7 Å². The van der Waals surface area contributed by atoms with Crippen molar-refractivity contribution in [2.45, 2.75) is 32.2 Å². The molecule has 2 aliphatic rings. The van der Waals surface area contributed by atoms with E-state index in [1.165, 1.54) is 5.56 Å². The van der Waals surface area contributed by atoms with Gasteiger partial charge >= 0.3 is 0 Å². The van der Waals surface area contributed by atoms with E-state index in [4.69, 9.17) is 9.47 Å². The number of benzene rings is 1. The Bertz CT molecular complexity index is 481. The van der Waals surface area contributed by atoms with Crippen LogP contribution in [0, 0.1) is 5.92 Å². The van der Waals surface area contributed by atoms with Gasteiger partial charge in [-0.25, -0.2) is 0 Å². The largest absolute Gasteiger partial charge is 0.493 e. The molecule has 0 spiro atoms. The van der Waals surface area contributed by atoms with E-state index in [0.29, 0.717) is 18.9 Å². The maximum absolute atomic E-state index is 11.9. The molecule has 1 fully saturated rings. The molecule has 1 N–H and O–H groups in total. The number of amides is 1. The molecule has 1 aromatic rings. The zero-order valence-corrected chi connectivity index (χ0v) is 11.7. The lowest BCUT2D eigenvalue weighted by Gasteiger charge is -2.18. The second-order valence-corrected chi connectivity index (χ2v) is 5.60. The summed E-state index contributed by atoms with van der Waals surface area (Å²) < 4.78 is 10.9. The second kappa shape index (κ2) is 6.27. The van der Waals surface area contributed by atoms with Gasteiger partial charge < -0.3 is 14.8 Å². The van der Waals surface area contributed by atoms with E-state index in [9.17, 15) is 4.79 Å². The van der Waals surface area contributed by atoms with Gasteiger partial charge in [0, 0.05) is 26.2 Å². The number of fused-ring (bicyclic) bond motifs is 1. The molecule has 1 saturated heterocycles. The highest BCUT2D eigenvalue weighted by atomic mass is 16.5. The minimum Gasteiger partial charge on any atom is -0.493 e. The number of rotatable bonds is 4. The third-order valence-electron chi connectivity index (χ3n) is 3.96. The molecule has 4 heteroatoms. The van der Waals surface area contributed by atoms with E-state index in [1.807, 2.05) is 12.1 Å². The summed E-state index contributed by atoms with van der Waals surface area (Å²) in [5, 5.41) is 3.00. The molecule has 0 saturated carbocycles. The number of nitrogens with one attached hydrogen (secondary N) is 1. The molecule has 0 bridgehead atoms. The van der Waals surface area contributed by atoms with Gasteiger partial charge in [0.05, 0.1) is 6.61 Å². The maximum Gasteiger partial charge on any atom is 0.220 e. The average Bonchev–Trinajstić information content (AvgIpc) is 2.98. The predicted molar refractivity (Wildman–Crippen MR) is 75.6 cm³/mol. The van der Waals surface area contributed by atoms with E-state index in [0.717, 1.165) is 50.4 Å². The van der Waals surface area contributed by atoms with Gasteiger partial charge in [-0.15, -0.1) is 0 Å². The van der Waals surface area contributed by atoms with Gasteiger partial charge in [0.15, 0.2) is 0 Å². The molecule has 1 atom stereocenters. The number of hydrogen-bond donors (Lipinski definition) is 1. The van der Waals surface area contributed by atoms with Crippen LogP contribution >= 0.6 is 0 Å². The number of aryl methyl sites for hydroxylation is 1. The van der Waals surface area contributed by atoms with Crippen LogP contribution in [0.2, 0.25) is 0 Å². The Kier molecular flexibility index (Phi) is 4.21. The standard InChI is InChI=1S/C16H21NO3/c18-16(9-13-5-7-19-11-13)17-10-12-3-4-15-14(8-12)2-1-6-20-15/h3-4,8,13H,1-2,5-7,9-11H2,(H,17,18)/t13-/m1/s1. The zero-order valence-electron chi connectivity index (χ0n) is 11.7. The lowest BCUT2D eigenvalue weighted by molar-refractivity contribution is -0.122. The first kappa shape index (κ1) is 13.4. The summed E-state index contributed by atoms with van der Waals surface area (Å²) in [6, 6.07) is 6.19. The Morgan fingerprint density at radius 1 is 1.35 bits per heavy atom. The summed E-state index contributed by atoms with van der Waals surface area (Å²) in [4.78, 5) is 11.9. The molecule has 3 rings (SSSR count). The zero-order chi connectivity index (χ0) is 13.8. The fraction of sp³-hybridized carbons (Fsp3) is 0.562. The summed E-state index contributed by atoms with van der Waals surface area (Å²) >= 11 is 0. The molecule has 2 aliphatic heterocycles. The van der Waals surface area contributed by atoms with Crippen LogP contribution in [0.3, 0.4) is 0 Å². The average molecular weight is 275 g/mol. The molecule has 0 unspecified atom stereocenters. The summed E-state index contributed by atoms with van der Waals surface area (Å²) in [6.45, 7) is 2.93. The van der Waals surface area contributed by atoms with Gasteiger partial charge in [-0.2, -0.15) is 0 Å². The molecule has 1 aromatic carbocycles. The quantitative estimate of drug-likeness (QED) is 0.915. The number of hydrogen-bond acceptors (Lipinski definition) is 3. The van der Waals surface area contributed by atoms with E-state index in [2.05, 4.69) is 11.4 Å². The van der Waals surface area contributed by atoms with Crippen molar-refractivity contribution in [3.05, 3.63) is 29.3 Å². The Labute approximate surface area is 119 Å².